The number of hydrogen-bond acceptors (Lipinski definition) is 5. The molecule has 26 heavy (non-hydrogen) atoms. The first-order valence-electron chi connectivity index (χ1n) is 8.25. The van der Waals surface area contributed by atoms with Crippen LogP contribution >= 0.6 is 15.9 Å². The molecule has 1 fully saturated rings. The molecule has 7 nitrogen and oxygen atoms in total. The summed E-state index contributed by atoms with van der Waals surface area (Å²) < 4.78 is 8.61. The second kappa shape index (κ2) is 7.25. The van der Waals surface area contributed by atoms with Gasteiger partial charge in [-0.25, -0.2) is 4.98 Å². The maximum absolute atomic E-state index is 12.3. The van der Waals surface area contributed by atoms with E-state index < -0.39 is 0 Å². The van der Waals surface area contributed by atoms with Gasteiger partial charge in [-0.15, -0.1) is 10.2 Å². The molecule has 0 saturated heterocycles. The lowest BCUT2D eigenvalue weighted by molar-refractivity contribution is 0.0949. The molecule has 1 saturated carbocycles. The van der Waals surface area contributed by atoms with Crippen molar-refractivity contribution in [2.75, 3.05) is 0 Å². The highest BCUT2D eigenvalue weighted by molar-refractivity contribution is 9.10. The average molecular weight is 414 g/mol. The molecule has 1 aromatic carbocycles. The lowest BCUT2D eigenvalue weighted by Gasteiger charge is -2.08. The van der Waals surface area contributed by atoms with Gasteiger partial charge in [0.2, 0.25) is 5.88 Å². The number of halogens is 1. The molecule has 0 bridgehead atoms. The summed E-state index contributed by atoms with van der Waals surface area (Å²) in [5, 5.41) is 10.8. The van der Waals surface area contributed by atoms with E-state index >= 15 is 0 Å². The number of nitrogens with zero attached hydrogens (tertiary/aromatic N) is 4. The first-order valence-corrected chi connectivity index (χ1v) is 9.04. The maximum atomic E-state index is 12.3. The van der Waals surface area contributed by atoms with Crippen LogP contribution in [0.3, 0.4) is 0 Å². The first kappa shape index (κ1) is 16.7. The van der Waals surface area contributed by atoms with Crippen molar-refractivity contribution in [3.63, 3.8) is 0 Å². The van der Waals surface area contributed by atoms with Gasteiger partial charge in [-0.05, 0) is 37.1 Å². The summed E-state index contributed by atoms with van der Waals surface area (Å²) in [5.74, 6) is 1.65. The summed E-state index contributed by atoms with van der Waals surface area (Å²) in [5.41, 5.74) is 0.462. The van der Waals surface area contributed by atoms with Crippen LogP contribution in [0.5, 0.6) is 11.6 Å². The Morgan fingerprint density at radius 3 is 2.92 bits per heavy atom. The van der Waals surface area contributed by atoms with Crippen LogP contribution in [0.15, 0.2) is 53.4 Å². The van der Waals surface area contributed by atoms with Crippen molar-refractivity contribution in [3.05, 3.63) is 64.8 Å². The number of rotatable bonds is 6. The number of hydrogen-bond donors (Lipinski definition) is 1. The van der Waals surface area contributed by atoms with Gasteiger partial charge < -0.3 is 14.6 Å². The molecule has 2 aromatic heterocycles. The molecule has 132 valence electrons. The third kappa shape index (κ3) is 3.91. The van der Waals surface area contributed by atoms with Crippen molar-refractivity contribution in [2.45, 2.75) is 25.4 Å². The quantitative estimate of drug-likeness (QED) is 0.668. The molecule has 1 aliphatic carbocycles. The molecule has 0 atom stereocenters. The van der Waals surface area contributed by atoms with Crippen molar-refractivity contribution in [1.29, 1.82) is 0 Å². The molecule has 1 aliphatic rings. The maximum Gasteiger partial charge on any atom is 0.253 e. The lowest BCUT2D eigenvalue weighted by Crippen LogP contribution is -2.24. The van der Waals surface area contributed by atoms with Gasteiger partial charge in [0.15, 0.2) is 5.82 Å². The second-order valence-corrected chi connectivity index (χ2v) is 6.93. The fourth-order valence-electron chi connectivity index (χ4n) is 2.54. The number of amides is 1. The molecule has 4 rings (SSSR count). The van der Waals surface area contributed by atoms with Crippen LogP contribution in [0.2, 0.25) is 0 Å². The number of nitrogens with one attached hydrogen (secondary N) is 1. The summed E-state index contributed by atoms with van der Waals surface area (Å²) in [6.07, 6.45) is 5.49. The molecule has 2 heterocycles. The Labute approximate surface area is 158 Å². The molecule has 1 amide bonds. The minimum absolute atomic E-state index is 0.211. The van der Waals surface area contributed by atoms with Crippen LogP contribution in [0.1, 0.15) is 35.1 Å². The normalized spacial score (nSPS) is 13.4. The van der Waals surface area contributed by atoms with E-state index in [4.69, 9.17) is 4.74 Å². The van der Waals surface area contributed by atoms with Crippen molar-refractivity contribution in [3.8, 4) is 11.6 Å². The zero-order valence-corrected chi connectivity index (χ0v) is 15.4. The number of ether oxygens (including phenoxy) is 1. The van der Waals surface area contributed by atoms with E-state index in [0.29, 0.717) is 29.8 Å². The number of carbonyl (C=O) groups is 1. The Morgan fingerprint density at radius 1 is 1.31 bits per heavy atom. The highest BCUT2D eigenvalue weighted by Crippen LogP contribution is 2.35. The van der Waals surface area contributed by atoms with Gasteiger partial charge >= 0.3 is 0 Å². The Bertz CT molecular complexity index is 921. The zero-order chi connectivity index (χ0) is 17.9. The van der Waals surface area contributed by atoms with Crippen molar-refractivity contribution in [2.24, 2.45) is 0 Å². The number of benzene rings is 1. The minimum Gasteiger partial charge on any atom is -0.439 e. The molecule has 0 spiro atoms. The lowest BCUT2D eigenvalue weighted by atomic mass is 10.2. The Balaban J connectivity index is 1.36. The summed E-state index contributed by atoms with van der Waals surface area (Å²) in [6, 6.07) is 11.3. The van der Waals surface area contributed by atoms with Crippen molar-refractivity contribution >= 4 is 21.8 Å². The first-order chi connectivity index (χ1) is 12.7. The summed E-state index contributed by atoms with van der Waals surface area (Å²) in [4.78, 5) is 16.5. The van der Waals surface area contributed by atoms with E-state index in [2.05, 4.69) is 36.4 Å². The van der Waals surface area contributed by atoms with Gasteiger partial charge in [0, 0.05) is 22.8 Å². The van der Waals surface area contributed by atoms with E-state index in [1.54, 1.807) is 18.5 Å². The monoisotopic (exact) mass is 413 g/mol. The van der Waals surface area contributed by atoms with Gasteiger partial charge in [0.05, 0.1) is 12.1 Å². The van der Waals surface area contributed by atoms with Crippen LogP contribution in [0.4, 0.5) is 0 Å². The summed E-state index contributed by atoms with van der Waals surface area (Å²) in [6.45, 7) is 0.339. The van der Waals surface area contributed by atoms with Gasteiger partial charge in [0.1, 0.15) is 12.1 Å². The van der Waals surface area contributed by atoms with Gasteiger partial charge in [-0.1, -0.05) is 22.0 Å². The third-order valence-corrected chi connectivity index (χ3v) is 4.50. The predicted molar refractivity (Wildman–Crippen MR) is 97.9 cm³/mol. The van der Waals surface area contributed by atoms with E-state index in [1.807, 2.05) is 28.8 Å². The Kier molecular flexibility index (Phi) is 4.66. The Morgan fingerprint density at radius 2 is 2.19 bits per heavy atom. The van der Waals surface area contributed by atoms with E-state index in [1.165, 1.54) is 6.20 Å². The number of pyridine rings is 1. The standard InChI is InChI=1S/C18H16BrN5O2/c19-13-2-1-3-15(8-13)26-17-7-4-12(9-20-17)18(25)21-10-16-23-22-11-24(16)14-5-6-14/h1-4,7-9,11,14H,5-6,10H2,(H,21,25). The number of carbonyl (C=O) groups excluding carboxylic acids is 1. The van der Waals surface area contributed by atoms with Crippen molar-refractivity contribution in [1.82, 2.24) is 25.1 Å². The van der Waals surface area contributed by atoms with Crippen LogP contribution in [0.25, 0.3) is 0 Å². The zero-order valence-electron chi connectivity index (χ0n) is 13.8. The summed E-state index contributed by atoms with van der Waals surface area (Å²) in [7, 11) is 0. The Hall–Kier alpha value is -2.74. The number of aromatic nitrogens is 4. The fourth-order valence-corrected chi connectivity index (χ4v) is 2.92. The molecule has 8 heteroatoms. The third-order valence-electron chi connectivity index (χ3n) is 4.01. The van der Waals surface area contributed by atoms with Crippen molar-refractivity contribution < 1.29 is 9.53 Å². The van der Waals surface area contributed by atoms with E-state index in [0.717, 1.165) is 23.1 Å². The largest absolute Gasteiger partial charge is 0.439 e. The minimum atomic E-state index is -0.211. The smallest absolute Gasteiger partial charge is 0.253 e. The molecule has 0 aliphatic heterocycles. The predicted octanol–water partition coefficient (Wildman–Crippen LogP) is 3.49. The second-order valence-electron chi connectivity index (χ2n) is 6.01. The fraction of sp³-hybridized carbons (Fsp3) is 0.222. The van der Waals surface area contributed by atoms with Gasteiger partial charge in [-0.3, -0.25) is 4.79 Å². The molecular formula is C18H16BrN5O2. The molecule has 0 unspecified atom stereocenters. The molecule has 3 aromatic rings. The topological polar surface area (TPSA) is 81.9 Å². The molecule has 1 N–H and O–H groups in total. The SMILES string of the molecule is O=C(NCc1nncn1C1CC1)c1ccc(Oc2cccc(Br)c2)nc1. The van der Waals surface area contributed by atoms with Crippen LogP contribution in [-0.2, 0) is 6.54 Å². The van der Waals surface area contributed by atoms with Crippen LogP contribution in [0, 0.1) is 0 Å². The van der Waals surface area contributed by atoms with E-state index in [-0.39, 0.29) is 5.91 Å². The van der Waals surface area contributed by atoms with Crippen LogP contribution in [-0.4, -0.2) is 25.7 Å². The van der Waals surface area contributed by atoms with E-state index in [9.17, 15) is 4.79 Å². The van der Waals surface area contributed by atoms with Gasteiger partial charge in [-0.2, -0.15) is 0 Å². The average Bonchev–Trinajstić information content (AvgIpc) is 3.38. The van der Waals surface area contributed by atoms with Gasteiger partial charge in [0.25, 0.3) is 5.91 Å². The molecule has 0 radical (unpaired) electrons. The summed E-state index contributed by atoms with van der Waals surface area (Å²) >= 11 is 3.39. The van der Waals surface area contributed by atoms with Crippen LogP contribution < -0.4 is 10.1 Å². The molecular weight excluding hydrogens is 398 g/mol. The highest BCUT2D eigenvalue weighted by atomic mass is 79.9. The highest BCUT2D eigenvalue weighted by Gasteiger charge is 2.26.